The minimum atomic E-state index is -0.0671. The van der Waals surface area contributed by atoms with Gasteiger partial charge in [0, 0.05) is 29.2 Å². The average molecular weight is 866 g/mol. The Balaban J connectivity index is 0.000000130. The number of hydrogen-bond donors (Lipinski definition) is 3. The van der Waals surface area contributed by atoms with Gasteiger partial charge in [-0.1, -0.05) is 64.7 Å². The van der Waals surface area contributed by atoms with Crippen molar-refractivity contribution < 1.29 is 33.8 Å². The summed E-state index contributed by atoms with van der Waals surface area (Å²) in [5.41, 5.74) is 8.70. The molecule has 9 nitrogen and oxygen atoms in total. The molecule has 7 unspecified atom stereocenters. The summed E-state index contributed by atoms with van der Waals surface area (Å²) in [5.74, 6) is 5.73. The van der Waals surface area contributed by atoms with E-state index in [1.807, 2.05) is 12.1 Å². The lowest BCUT2D eigenvalue weighted by atomic mass is 9.61. The summed E-state index contributed by atoms with van der Waals surface area (Å²) in [4.78, 5) is 23.3. The number of oxime groups is 1. The molecule has 4 aliphatic heterocycles. The van der Waals surface area contributed by atoms with E-state index in [9.17, 15) is 19.9 Å². The van der Waals surface area contributed by atoms with Gasteiger partial charge in [0.05, 0.1) is 54.2 Å². The Labute approximate surface area is 372 Å². The van der Waals surface area contributed by atoms with Gasteiger partial charge < -0.3 is 29.9 Å². The zero-order valence-corrected chi connectivity index (χ0v) is 34.8. The van der Waals surface area contributed by atoms with Crippen molar-refractivity contribution >= 4 is 29.7 Å². The van der Waals surface area contributed by atoms with Gasteiger partial charge >= 0.3 is 0 Å². The molecule has 340 valence electrons. The molecule has 13 aliphatic rings. The summed E-state index contributed by atoms with van der Waals surface area (Å²) in [6.45, 7) is 3.77. The fourth-order valence-electron chi connectivity index (χ4n) is 15.6. The Morgan fingerprint density at radius 1 is 0.689 bits per heavy atom. The number of aliphatic hydroxyl groups excluding tert-OH is 1. The van der Waals surface area contributed by atoms with Gasteiger partial charge in [-0.15, -0.1) is 12.4 Å². The van der Waals surface area contributed by atoms with Crippen LogP contribution >= 0.6 is 12.4 Å². The predicted octanol–water partition coefficient (Wildman–Crippen LogP) is 10.5. The number of Topliss-reactive ketones (excluding diaryl/α,β-unsaturated/α-hetero) is 2. The summed E-state index contributed by atoms with van der Waals surface area (Å²) >= 11 is 0. The van der Waals surface area contributed by atoms with Crippen LogP contribution in [0, 0.1) is 63.6 Å². The van der Waals surface area contributed by atoms with Crippen molar-refractivity contribution in [1.29, 1.82) is 0 Å². The lowest BCUT2D eigenvalue weighted by molar-refractivity contribution is -0.134. The van der Waals surface area contributed by atoms with Crippen molar-refractivity contribution in [3.63, 3.8) is 0 Å². The van der Waals surface area contributed by atoms with E-state index in [1.54, 1.807) is 12.5 Å². The van der Waals surface area contributed by atoms with E-state index in [-0.39, 0.29) is 76.0 Å². The third-order valence-corrected chi connectivity index (χ3v) is 18.2. The molecule has 9 aliphatic carbocycles. The Bertz CT molecular complexity index is 1770. The maximum Gasteiger partial charge on any atom is 0.161 e. The highest BCUT2D eigenvalue weighted by Gasteiger charge is 2.67. The maximum atomic E-state index is 12.3. The molecule has 5 heterocycles. The smallest absolute Gasteiger partial charge is 0.161 e. The van der Waals surface area contributed by atoms with E-state index >= 15 is 0 Å². The first kappa shape index (κ1) is 47.9. The highest BCUT2D eigenvalue weighted by atomic mass is 35.5. The topological polar surface area (TPSA) is 145 Å². The number of carbonyl (C=O) groups excluding carboxylic acids is 2. The van der Waals surface area contributed by atoms with Crippen LogP contribution in [-0.4, -0.2) is 64.2 Å². The Hall–Kier alpha value is -2.56. The molecule has 1 aromatic rings. The van der Waals surface area contributed by atoms with E-state index in [2.05, 4.69) is 40.5 Å². The number of carbonyl (C=O) groups is 2. The molecule has 17 atom stereocenters. The third-order valence-electron chi connectivity index (χ3n) is 18.2. The minimum Gasteiger partial charge on any atom is -0.473 e. The van der Waals surface area contributed by atoms with Crippen LogP contribution in [-0.2, 0) is 19.1 Å². The largest absolute Gasteiger partial charge is 0.473 e. The fourth-order valence-corrected chi connectivity index (χ4v) is 15.6. The highest BCUT2D eigenvalue weighted by molar-refractivity contribution is 6.00. The van der Waals surface area contributed by atoms with Crippen molar-refractivity contribution in [2.75, 3.05) is 0 Å². The van der Waals surface area contributed by atoms with Crippen molar-refractivity contribution in [3.8, 4) is 0 Å². The average Bonchev–Trinajstić information content (AvgIpc) is 4.08. The number of furan rings is 1. The molecule has 3 spiro atoms. The van der Waals surface area contributed by atoms with Gasteiger partial charge in [0.15, 0.2) is 5.78 Å². The second-order valence-electron chi connectivity index (χ2n) is 20.4. The molecule has 0 amide bonds. The third kappa shape index (κ3) is 7.60. The Morgan fingerprint density at radius 3 is 1.74 bits per heavy atom. The molecule has 0 radical (unpaired) electrons. The zero-order valence-electron chi connectivity index (χ0n) is 34.0. The monoisotopic (exact) mass is 865 g/mol. The second kappa shape index (κ2) is 18.5. The number of ketones is 2. The molecule has 4 N–H and O–H groups in total. The summed E-state index contributed by atoms with van der Waals surface area (Å²) < 4.78 is 16.3. The van der Waals surface area contributed by atoms with Gasteiger partial charge in [-0.2, -0.15) is 0 Å². The fraction of sp³-hybridized carbons (Fsp3) is 0.745. The number of fused-ring (bicyclic) bond motifs is 17. The SMILES string of the molecule is C.C.C.C=C1C(=O)C2CCC1C2.Cl.N[C@@H]1[C@@H]2CC[C@@H](C2)C12CCCC(O)C2.O/N=C1/[C@@H]2CC[C@@H](C2)C12C[C@@H]1C=C[C@H]2O1.O=C1C2CC[C@@H](C2)C12C[C@@H]1C=C[C@H]2O1.c1ccoc1. The molecule has 9 saturated carbocycles. The van der Waals surface area contributed by atoms with Crippen LogP contribution < -0.4 is 5.73 Å². The van der Waals surface area contributed by atoms with Crippen LogP contribution in [0.3, 0.4) is 0 Å². The molecular formula is C51H77ClN2O7. The first-order chi connectivity index (χ1) is 27.7. The van der Waals surface area contributed by atoms with Crippen molar-refractivity contribution in [3.05, 3.63) is 61.1 Å². The molecule has 14 rings (SSSR count). The van der Waals surface area contributed by atoms with Gasteiger partial charge in [-0.25, -0.2) is 0 Å². The van der Waals surface area contributed by atoms with Gasteiger partial charge in [0.2, 0.25) is 0 Å². The lowest BCUT2D eigenvalue weighted by Gasteiger charge is -2.46. The first-order valence-corrected chi connectivity index (χ1v) is 22.7. The van der Waals surface area contributed by atoms with Crippen LogP contribution in [0.25, 0.3) is 0 Å². The van der Waals surface area contributed by atoms with E-state index in [4.69, 9.17) is 15.2 Å². The molecular weight excluding hydrogens is 788 g/mol. The predicted molar refractivity (Wildman–Crippen MR) is 242 cm³/mol. The van der Waals surface area contributed by atoms with Gasteiger partial charge in [0.1, 0.15) is 5.78 Å². The van der Waals surface area contributed by atoms with Crippen molar-refractivity contribution in [2.45, 2.75) is 174 Å². The van der Waals surface area contributed by atoms with E-state index in [0.29, 0.717) is 58.5 Å². The molecule has 1 aromatic heterocycles. The number of allylic oxidation sites excluding steroid dienone is 1. The van der Waals surface area contributed by atoms with E-state index in [0.717, 1.165) is 74.5 Å². The summed E-state index contributed by atoms with van der Waals surface area (Å²) in [6, 6.07) is 4.07. The van der Waals surface area contributed by atoms with Crippen molar-refractivity contribution in [1.82, 2.24) is 0 Å². The van der Waals surface area contributed by atoms with Crippen LogP contribution in [0.4, 0.5) is 0 Å². The van der Waals surface area contributed by atoms with Gasteiger partial charge in [0.25, 0.3) is 0 Å². The number of nitrogens with zero attached hydrogens (tertiary/aromatic N) is 1. The first-order valence-electron chi connectivity index (χ1n) is 22.7. The highest BCUT2D eigenvalue weighted by Crippen LogP contribution is 2.64. The normalized spacial score (nSPS) is 47.2. The number of halogens is 1. The van der Waals surface area contributed by atoms with Gasteiger partial charge in [-0.3, -0.25) is 9.59 Å². The van der Waals surface area contributed by atoms with Crippen molar-refractivity contribution in [2.24, 2.45) is 74.5 Å². The number of nitrogens with two attached hydrogens (primary N) is 1. The molecule has 12 bridgehead atoms. The standard InChI is InChI=1S/C12H15NO2.C12H21NO.C12H14O2.C8H10O.C4H4O.3CH4.ClH/c14-13-11-7-1-2-8(5-7)12(11)6-9-3-4-10(12)15-9;13-11-8-3-4-9(6-8)12(11)5-1-2-10(14)7-12;13-11-7-1-2-8(5-7)12(11)6-9-3-4-10(12)14-9;1-5-6-2-3-7(4-6)8(5)9;1-2-4-5-3-1;;;;/h3-4,7-10,14H,1-2,5-6H2;8-11,14H,1-7,13H2;3-4,7-10H,1-2,5-6H2;6-7H,1-4H2;1-4H;3*1H4;1H/b13-11-;;;;;;;;/t7-,8+,9+,10-,12?;8-,9+,10?,11-,12?;7?,8-,9-,10+,12?;;;;;;/m110....../s1. The summed E-state index contributed by atoms with van der Waals surface area (Å²) in [7, 11) is 0. The number of rotatable bonds is 0. The van der Waals surface area contributed by atoms with E-state index < -0.39 is 0 Å². The quantitative estimate of drug-likeness (QED) is 0.101. The molecule has 2 saturated heterocycles. The van der Waals surface area contributed by atoms with Crippen LogP contribution in [0.15, 0.2) is 70.7 Å². The minimum absolute atomic E-state index is 0. The van der Waals surface area contributed by atoms with E-state index in [1.165, 1.54) is 64.2 Å². The molecule has 11 fully saturated rings. The number of aliphatic hydroxyl groups is 1. The summed E-state index contributed by atoms with van der Waals surface area (Å²) in [6.07, 6.45) is 34.0. The Morgan fingerprint density at radius 2 is 1.28 bits per heavy atom. The number of ether oxygens (including phenoxy) is 2. The molecule has 61 heavy (non-hydrogen) atoms. The van der Waals surface area contributed by atoms with Crippen LogP contribution in [0.2, 0.25) is 0 Å². The maximum absolute atomic E-state index is 12.3. The van der Waals surface area contributed by atoms with Crippen LogP contribution in [0.5, 0.6) is 0 Å². The Kier molecular flexibility index (Phi) is 14.5. The lowest BCUT2D eigenvalue weighted by Crippen LogP contribution is -2.49. The molecule has 0 aromatic carbocycles. The second-order valence-corrected chi connectivity index (χ2v) is 20.4. The van der Waals surface area contributed by atoms with Gasteiger partial charge in [-0.05, 0) is 162 Å². The number of hydrogen-bond acceptors (Lipinski definition) is 9. The zero-order chi connectivity index (χ0) is 39.1. The molecule has 10 heteroatoms. The van der Waals surface area contributed by atoms with Crippen LogP contribution in [0.1, 0.15) is 138 Å². The summed E-state index contributed by atoms with van der Waals surface area (Å²) in [5, 5.41) is 22.7.